The lowest BCUT2D eigenvalue weighted by Crippen LogP contribution is -2.27. The first kappa shape index (κ1) is 14.9. The van der Waals surface area contributed by atoms with Gasteiger partial charge in [0.15, 0.2) is 0 Å². The Morgan fingerprint density at radius 2 is 1.94 bits per heavy atom. The van der Waals surface area contributed by atoms with Gasteiger partial charge in [0.1, 0.15) is 0 Å². The van der Waals surface area contributed by atoms with Gasteiger partial charge in [-0.2, -0.15) is 0 Å². The van der Waals surface area contributed by atoms with Crippen molar-refractivity contribution in [1.82, 2.24) is 10.3 Å². The third kappa shape index (κ3) is 5.01. The molecule has 0 radical (unpaired) electrons. The molecule has 0 aliphatic carbocycles. The van der Waals surface area contributed by atoms with Gasteiger partial charge in [-0.3, -0.25) is 9.71 Å². The van der Waals surface area contributed by atoms with Crippen molar-refractivity contribution in [2.75, 3.05) is 23.6 Å². The smallest absolute Gasteiger partial charge is 0.234 e. The Hall–Kier alpha value is -1.14. The Balaban J connectivity index is 2.59. The van der Waals surface area contributed by atoms with Crippen LogP contribution in [0.4, 0.5) is 5.69 Å². The molecule has 0 aliphatic rings. The van der Waals surface area contributed by atoms with Crippen molar-refractivity contribution in [1.29, 1.82) is 0 Å². The minimum absolute atomic E-state index is 0.0698. The lowest BCUT2D eigenvalue weighted by molar-refractivity contribution is 0.595. The van der Waals surface area contributed by atoms with Crippen molar-refractivity contribution in [3.8, 4) is 0 Å². The summed E-state index contributed by atoms with van der Waals surface area (Å²) in [6.07, 6.45) is 0.995. The highest BCUT2D eigenvalue weighted by Crippen LogP contribution is 2.14. The average molecular weight is 271 g/mol. The van der Waals surface area contributed by atoms with Crippen LogP contribution in [-0.4, -0.2) is 32.2 Å². The fourth-order valence-corrected chi connectivity index (χ4v) is 2.59. The van der Waals surface area contributed by atoms with E-state index in [9.17, 15) is 8.42 Å². The van der Waals surface area contributed by atoms with Gasteiger partial charge in [0.05, 0.1) is 17.1 Å². The van der Waals surface area contributed by atoms with E-state index in [0.29, 0.717) is 17.9 Å². The van der Waals surface area contributed by atoms with E-state index in [1.807, 2.05) is 13.8 Å². The second-order valence-electron chi connectivity index (χ2n) is 4.26. The van der Waals surface area contributed by atoms with Gasteiger partial charge in [0.2, 0.25) is 10.0 Å². The molecule has 0 saturated carbocycles. The Kier molecular flexibility index (Phi) is 5.55. The first-order valence-electron chi connectivity index (χ1n) is 6.10. The number of aromatic nitrogens is 1. The van der Waals surface area contributed by atoms with Crippen LogP contribution in [0.3, 0.4) is 0 Å². The van der Waals surface area contributed by atoms with E-state index >= 15 is 0 Å². The first-order chi connectivity index (χ1) is 8.44. The normalized spacial score (nSPS) is 11.5. The topological polar surface area (TPSA) is 71.1 Å². The number of nitrogens with zero attached hydrogens (tertiary/aromatic N) is 1. The van der Waals surface area contributed by atoms with Crippen LogP contribution in [0.15, 0.2) is 12.1 Å². The molecule has 1 heterocycles. The van der Waals surface area contributed by atoms with Crippen molar-refractivity contribution in [2.45, 2.75) is 27.2 Å². The van der Waals surface area contributed by atoms with E-state index in [1.54, 1.807) is 19.1 Å². The second-order valence-corrected chi connectivity index (χ2v) is 6.10. The molecule has 0 bridgehead atoms. The Labute approximate surface area is 109 Å². The standard InChI is InChI=1S/C12H21N3O2S/c1-4-7-13-8-9-18(16,17)15-12-6-5-10(2)14-11(12)3/h5-6,13,15H,4,7-9H2,1-3H3. The van der Waals surface area contributed by atoms with Crippen LogP contribution >= 0.6 is 0 Å². The monoisotopic (exact) mass is 271 g/mol. The highest BCUT2D eigenvalue weighted by Gasteiger charge is 2.11. The van der Waals surface area contributed by atoms with Crippen molar-refractivity contribution >= 4 is 15.7 Å². The Morgan fingerprint density at radius 1 is 1.22 bits per heavy atom. The summed E-state index contributed by atoms with van der Waals surface area (Å²) < 4.78 is 26.2. The summed E-state index contributed by atoms with van der Waals surface area (Å²) >= 11 is 0. The largest absolute Gasteiger partial charge is 0.316 e. The maximum atomic E-state index is 11.8. The number of nitrogens with one attached hydrogen (secondary N) is 2. The van der Waals surface area contributed by atoms with Crippen LogP contribution in [0.1, 0.15) is 24.7 Å². The summed E-state index contributed by atoms with van der Waals surface area (Å²) in [4.78, 5) is 4.22. The molecule has 0 spiro atoms. The van der Waals surface area contributed by atoms with Crippen LogP contribution in [0.25, 0.3) is 0 Å². The predicted molar refractivity (Wildman–Crippen MR) is 74.3 cm³/mol. The molecule has 0 aliphatic heterocycles. The number of pyridine rings is 1. The zero-order valence-electron chi connectivity index (χ0n) is 11.2. The number of sulfonamides is 1. The molecule has 0 saturated heterocycles. The summed E-state index contributed by atoms with van der Waals surface area (Å²) in [5.41, 5.74) is 2.12. The highest BCUT2D eigenvalue weighted by atomic mass is 32.2. The zero-order chi connectivity index (χ0) is 13.6. The second kappa shape index (κ2) is 6.70. The van der Waals surface area contributed by atoms with Gasteiger partial charge < -0.3 is 5.32 Å². The van der Waals surface area contributed by atoms with Crippen LogP contribution in [0.5, 0.6) is 0 Å². The lowest BCUT2D eigenvalue weighted by atomic mass is 10.3. The molecule has 0 fully saturated rings. The third-order valence-corrected chi connectivity index (χ3v) is 3.74. The average Bonchev–Trinajstić information content (AvgIpc) is 2.28. The number of hydrogen-bond donors (Lipinski definition) is 2. The molecule has 0 amide bonds. The lowest BCUT2D eigenvalue weighted by Gasteiger charge is -2.10. The van der Waals surface area contributed by atoms with Gasteiger partial charge in [-0.1, -0.05) is 6.92 Å². The van der Waals surface area contributed by atoms with Gasteiger partial charge in [0.25, 0.3) is 0 Å². The van der Waals surface area contributed by atoms with Crippen LogP contribution in [-0.2, 0) is 10.0 Å². The molecule has 1 rings (SSSR count). The van der Waals surface area contributed by atoms with E-state index in [2.05, 4.69) is 15.0 Å². The molecule has 2 N–H and O–H groups in total. The summed E-state index contributed by atoms with van der Waals surface area (Å²) in [7, 11) is -3.30. The summed E-state index contributed by atoms with van der Waals surface area (Å²) in [6.45, 7) is 7.00. The van der Waals surface area contributed by atoms with E-state index in [0.717, 1.165) is 18.7 Å². The van der Waals surface area contributed by atoms with Gasteiger partial charge in [-0.05, 0) is 38.9 Å². The summed E-state index contributed by atoms with van der Waals surface area (Å²) in [5, 5.41) is 3.07. The molecular weight excluding hydrogens is 250 g/mol. The molecular formula is C12H21N3O2S. The molecule has 0 atom stereocenters. The van der Waals surface area contributed by atoms with E-state index in [1.165, 1.54) is 0 Å². The molecule has 5 nitrogen and oxygen atoms in total. The third-order valence-electron chi connectivity index (χ3n) is 2.46. The van der Waals surface area contributed by atoms with Gasteiger partial charge in [0, 0.05) is 12.2 Å². The van der Waals surface area contributed by atoms with Crippen LogP contribution in [0, 0.1) is 13.8 Å². The molecule has 0 aromatic carbocycles. The molecule has 1 aromatic heterocycles. The number of aryl methyl sites for hydroxylation is 2. The molecule has 18 heavy (non-hydrogen) atoms. The number of rotatable bonds is 7. The van der Waals surface area contributed by atoms with Crippen molar-refractivity contribution in [2.24, 2.45) is 0 Å². The molecule has 102 valence electrons. The van der Waals surface area contributed by atoms with E-state index in [-0.39, 0.29) is 5.75 Å². The fraction of sp³-hybridized carbons (Fsp3) is 0.583. The molecule has 0 unspecified atom stereocenters. The van der Waals surface area contributed by atoms with E-state index in [4.69, 9.17) is 0 Å². The van der Waals surface area contributed by atoms with Crippen molar-refractivity contribution < 1.29 is 8.42 Å². The quantitative estimate of drug-likeness (QED) is 0.736. The molecule has 1 aromatic rings. The number of anilines is 1. The van der Waals surface area contributed by atoms with Gasteiger partial charge in [-0.15, -0.1) is 0 Å². The molecule has 6 heteroatoms. The summed E-state index contributed by atoms with van der Waals surface area (Å²) in [6, 6.07) is 3.54. The predicted octanol–water partition coefficient (Wildman–Crippen LogP) is 1.44. The zero-order valence-corrected chi connectivity index (χ0v) is 12.0. The minimum atomic E-state index is -3.30. The van der Waals surface area contributed by atoms with Gasteiger partial charge >= 0.3 is 0 Å². The van der Waals surface area contributed by atoms with E-state index < -0.39 is 10.0 Å². The Morgan fingerprint density at radius 3 is 2.56 bits per heavy atom. The van der Waals surface area contributed by atoms with Crippen molar-refractivity contribution in [3.63, 3.8) is 0 Å². The number of hydrogen-bond acceptors (Lipinski definition) is 4. The fourth-order valence-electron chi connectivity index (χ4n) is 1.52. The summed E-state index contributed by atoms with van der Waals surface area (Å²) in [5.74, 6) is 0.0698. The first-order valence-corrected chi connectivity index (χ1v) is 7.75. The Bertz CT molecular complexity index is 486. The van der Waals surface area contributed by atoms with Gasteiger partial charge in [-0.25, -0.2) is 8.42 Å². The van der Waals surface area contributed by atoms with Crippen molar-refractivity contribution in [3.05, 3.63) is 23.5 Å². The SMILES string of the molecule is CCCNCCS(=O)(=O)Nc1ccc(C)nc1C. The van der Waals surface area contributed by atoms with Crippen LogP contribution in [0.2, 0.25) is 0 Å². The minimum Gasteiger partial charge on any atom is -0.316 e. The maximum Gasteiger partial charge on any atom is 0.234 e. The van der Waals surface area contributed by atoms with Crippen LogP contribution < -0.4 is 10.0 Å². The highest BCUT2D eigenvalue weighted by molar-refractivity contribution is 7.92. The maximum absolute atomic E-state index is 11.8.